The largest absolute Gasteiger partial charge is 0.376 e. The van der Waals surface area contributed by atoms with E-state index in [1.165, 1.54) is 29.7 Å². The fourth-order valence-corrected chi connectivity index (χ4v) is 3.68. The highest BCUT2D eigenvalue weighted by Gasteiger charge is 2.35. The van der Waals surface area contributed by atoms with Crippen molar-refractivity contribution in [3.05, 3.63) is 70.8 Å². The summed E-state index contributed by atoms with van der Waals surface area (Å²) in [5.41, 5.74) is 3.36. The van der Waals surface area contributed by atoms with Gasteiger partial charge in [-0.3, -0.25) is 14.5 Å². The number of nitrogens with zero attached hydrogens (tertiary/aromatic N) is 1. The Morgan fingerprint density at radius 2 is 1.54 bits per heavy atom. The topological polar surface area (TPSA) is 46.6 Å². The number of imide groups is 1. The maximum atomic E-state index is 12.3. The minimum atomic E-state index is -0.192. The molecule has 28 heavy (non-hydrogen) atoms. The molecule has 2 amide bonds. The highest BCUT2D eigenvalue weighted by molar-refractivity contribution is 6.21. The lowest BCUT2D eigenvalue weighted by Gasteiger charge is -2.23. The molecule has 4 heteroatoms. The standard InChI is InChI=1S/C17H21NO3.C7H8/c1-12-7-8-14-15(11-12)17(20)18(16(14)19)9-10-21-13-5-3-2-4-6-13;1-7-5-3-2-4-6-7/h7-8,11,13H,2-6,9-10H2,1H3;2-6H,1H3. The first kappa shape index (κ1) is 20.3. The Bertz CT molecular complexity index is 810. The molecule has 4 nitrogen and oxygen atoms in total. The van der Waals surface area contributed by atoms with Crippen molar-refractivity contribution in [3.8, 4) is 0 Å². The Kier molecular flexibility index (Phi) is 6.99. The third kappa shape index (κ3) is 5.08. The highest BCUT2D eigenvalue weighted by Crippen LogP contribution is 2.24. The summed E-state index contributed by atoms with van der Waals surface area (Å²) >= 11 is 0. The van der Waals surface area contributed by atoms with E-state index >= 15 is 0 Å². The van der Waals surface area contributed by atoms with E-state index in [9.17, 15) is 9.59 Å². The lowest BCUT2D eigenvalue weighted by molar-refractivity contribution is 0.0168. The zero-order valence-corrected chi connectivity index (χ0v) is 16.8. The summed E-state index contributed by atoms with van der Waals surface area (Å²) in [6.07, 6.45) is 6.23. The number of aryl methyl sites for hydroxylation is 2. The van der Waals surface area contributed by atoms with Crippen molar-refractivity contribution in [2.45, 2.75) is 52.1 Å². The van der Waals surface area contributed by atoms with Crippen LogP contribution in [0.5, 0.6) is 0 Å². The quantitative estimate of drug-likeness (QED) is 0.707. The molecule has 0 aromatic heterocycles. The average molecular weight is 380 g/mol. The number of carbonyl (C=O) groups excluding carboxylic acids is 2. The van der Waals surface area contributed by atoms with Gasteiger partial charge in [0.25, 0.3) is 11.8 Å². The van der Waals surface area contributed by atoms with Gasteiger partial charge in [-0.05, 0) is 38.8 Å². The number of fused-ring (bicyclic) bond motifs is 1. The van der Waals surface area contributed by atoms with Crippen LogP contribution in [0.1, 0.15) is 63.9 Å². The first-order valence-electron chi connectivity index (χ1n) is 10.2. The smallest absolute Gasteiger partial charge is 0.261 e. The van der Waals surface area contributed by atoms with Gasteiger partial charge in [-0.2, -0.15) is 0 Å². The van der Waals surface area contributed by atoms with Gasteiger partial charge in [0.1, 0.15) is 0 Å². The Labute approximate surface area is 167 Å². The molecule has 0 radical (unpaired) electrons. The molecule has 2 aromatic carbocycles. The van der Waals surface area contributed by atoms with Crippen molar-refractivity contribution < 1.29 is 14.3 Å². The third-order valence-corrected chi connectivity index (χ3v) is 5.29. The molecule has 0 atom stereocenters. The molecule has 0 spiro atoms. The molecule has 0 bridgehead atoms. The third-order valence-electron chi connectivity index (χ3n) is 5.29. The van der Waals surface area contributed by atoms with Gasteiger partial charge in [0.2, 0.25) is 0 Å². The normalized spacial score (nSPS) is 16.6. The summed E-state index contributed by atoms with van der Waals surface area (Å²) in [4.78, 5) is 25.9. The zero-order valence-electron chi connectivity index (χ0n) is 16.8. The molecule has 148 valence electrons. The molecule has 0 saturated heterocycles. The second-order valence-electron chi connectivity index (χ2n) is 7.60. The summed E-state index contributed by atoms with van der Waals surface area (Å²) in [5.74, 6) is -0.381. The molecule has 1 saturated carbocycles. The Hall–Kier alpha value is -2.46. The number of amides is 2. The Morgan fingerprint density at radius 1 is 0.857 bits per heavy atom. The number of hydrogen-bond acceptors (Lipinski definition) is 3. The minimum Gasteiger partial charge on any atom is -0.376 e. The van der Waals surface area contributed by atoms with Crippen molar-refractivity contribution >= 4 is 11.8 Å². The van der Waals surface area contributed by atoms with E-state index < -0.39 is 0 Å². The molecule has 1 aliphatic carbocycles. The van der Waals surface area contributed by atoms with Crippen molar-refractivity contribution in [2.75, 3.05) is 13.2 Å². The molecule has 2 aliphatic rings. The number of benzene rings is 2. The summed E-state index contributed by atoms with van der Waals surface area (Å²) < 4.78 is 5.82. The molecule has 1 heterocycles. The molecule has 0 N–H and O–H groups in total. The molecule has 4 rings (SSSR count). The van der Waals surface area contributed by atoms with Crippen LogP contribution in [0.4, 0.5) is 0 Å². The highest BCUT2D eigenvalue weighted by atomic mass is 16.5. The van der Waals surface area contributed by atoms with Crippen LogP contribution < -0.4 is 0 Å². The molecular formula is C24H29NO3. The van der Waals surface area contributed by atoms with Crippen LogP contribution in [-0.4, -0.2) is 36.0 Å². The number of hydrogen-bond donors (Lipinski definition) is 0. The second-order valence-corrected chi connectivity index (χ2v) is 7.60. The van der Waals surface area contributed by atoms with Gasteiger partial charge >= 0.3 is 0 Å². The van der Waals surface area contributed by atoms with Gasteiger partial charge in [0, 0.05) is 0 Å². The van der Waals surface area contributed by atoms with Gasteiger partial charge in [-0.15, -0.1) is 0 Å². The summed E-state index contributed by atoms with van der Waals surface area (Å²) in [7, 11) is 0. The molecular weight excluding hydrogens is 350 g/mol. The van der Waals surface area contributed by atoms with Gasteiger partial charge < -0.3 is 4.74 Å². The molecule has 0 unspecified atom stereocenters. The SMILES string of the molecule is Cc1ccc2c(c1)C(=O)N(CCOC1CCCCC1)C2=O.Cc1ccccc1. The van der Waals surface area contributed by atoms with E-state index in [-0.39, 0.29) is 11.8 Å². The zero-order chi connectivity index (χ0) is 19.9. The predicted octanol–water partition coefficient (Wildman–Crippen LogP) is 4.94. The number of ether oxygens (including phenoxy) is 1. The first-order valence-corrected chi connectivity index (χ1v) is 10.2. The summed E-state index contributed by atoms with van der Waals surface area (Å²) in [5, 5.41) is 0. The van der Waals surface area contributed by atoms with Crippen molar-refractivity contribution in [1.82, 2.24) is 4.90 Å². The predicted molar refractivity (Wildman–Crippen MR) is 111 cm³/mol. The molecule has 1 fully saturated rings. The summed E-state index contributed by atoms with van der Waals surface area (Å²) in [6, 6.07) is 15.7. The van der Waals surface area contributed by atoms with Crippen LogP contribution in [-0.2, 0) is 4.74 Å². The van der Waals surface area contributed by atoms with Gasteiger partial charge in [0.15, 0.2) is 0 Å². The number of rotatable bonds is 4. The molecule has 1 aliphatic heterocycles. The van der Waals surface area contributed by atoms with E-state index in [2.05, 4.69) is 19.1 Å². The van der Waals surface area contributed by atoms with Crippen LogP contribution in [0.2, 0.25) is 0 Å². The average Bonchev–Trinajstić information content (AvgIpc) is 2.94. The fraction of sp³-hybridized carbons (Fsp3) is 0.417. The van der Waals surface area contributed by atoms with Gasteiger partial charge in [-0.1, -0.05) is 66.8 Å². The first-order chi connectivity index (χ1) is 13.6. The van der Waals surface area contributed by atoms with Crippen molar-refractivity contribution in [2.24, 2.45) is 0 Å². The maximum Gasteiger partial charge on any atom is 0.261 e. The maximum absolute atomic E-state index is 12.3. The van der Waals surface area contributed by atoms with Crippen LogP contribution in [0.3, 0.4) is 0 Å². The lowest BCUT2D eigenvalue weighted by Crippen LogP contribution is -2.34. The Morgan fingerprint density at radius 3 is 2.18 bits per heavy atom. The Balaban J connectivity index is 0.000000271. The minimum absolute atomic E-state index is 0.189. The van der Waals surface area contributed by atoms with E-state index in [4.69, 9.17) is 4.74 Å². The van der Waals surface area contributed by atoms with Crippen LogP contribution in [0.15, 0.2) is 48.5 Å². The van der Waals surface area contributed by atoms with E-state index in [1.54, 1.807) is 12.1 Å². The lowest BCUT2D eigenvalue weighted by atomic mass is 9.98. The second kappa shape index (κ2) is 9.65. The van der Waals surface area contributed by atoms with Crippen LogP contribution >= 0.6 is 0 Å². The van der Waals surface area contributed by atoms with Crippen LogP contribution in [0, 0.1) is 13.8 Å². The van der Waals surface area contributed by atoms with E-state index in [0.29, 0.717) is 30.4 Å². The fourth-order valence-electron chi connectivity index (χ4n) is 3.68. The molecule has 2 aromatic rings. The van der Waals surface area contributed by atoms with Crippen molar-refractivity contribution in [1.29, 1.82) is 0 Å². The van der Waals surface area contributed by atoms with Crippen molar-refractivity contribution in [3.63, 3.8) is 0 Å². The van der Waals surface area contributed by atoms with E-state index in [1.807, 2.05) is 31.2 Å². The van der Waals surface area contributed by atoms with Gasteiger partial charge in [0.05, 0.1) is 30.4 Å². The van der Waals surface area contributed by atoms with E-state index in [0.717, 1.165) is 18.4 Å². The van der Waals surface area contributed by atoms with Gasteiger partial charge in [-0.25, -0.2) is 0 Å². The number of carbonyl (C=O) groups is 2. The summed E-state index contributed by atoms with van der Waals surface area (Å²) in [6.45, 7) is 4.80. The van der Waals surface area contributed by atoms with Crippen LogP contribution in [0.25, 0.3) is 0 Å². The monoisotopic (exact) mass is 379 g/mol.